The van der Waals surface area contributed by atoms with Crippen LogP contribution in [0.5, 0.6) is 5.75 Å². The smallest absolute Gasteiger partial charge is 0.871 e. The third kappa shape index (κ3) is 4.93. The summed E-state index contributed by atoms with van der Waals surface area (Å²) >= 11 is 6.02. The Morgan fingerprint density at radius 2 is 1.77 bits per heavy atom. The van der Waals surface area contributed by atoms with Gasteiger partial charge in [-0.1, -0.05) is 54.6 Å². The molecule has 3 rings (SSSR count). The van der Waals surface area contributed by atoms with Crippen molar-refractivity contribution in [1.29, 1.82) is 0 Å². The number of aryl methyl sites for hydroxylation is 1. The molecule has 0 aliphatic carbocycles. The van der Waals surface area contributed by atoms with Crippen molar-refractivity contribution in [3.63, 3.8) is 0 Å². The number of azo groups is 1. The van der Waals surface area contributed by atoms with E-state index in [4.69, 9.17) is 11.6 Å². The van der Waals surface area contributed by atoms with Crippen LogP contribution in [-0.4, -0.2) is 56.7 Å². The molecule has 0 bridgehead atoms. The van der Waals surface area contributed by atoms with Gasteiger partial charge in [0.1, 0.15) is 10.6 Å². The zero-order valence-electron chi connectivity index (χ0n) is 15.6. The Labute approximate surface area is 207 Å². The van der Waals surface area contributed by atoms with Gasteiger partial charge in [0.25, 0.3) is 10.1 Å². The Morgan fingerprint density at radius 3 is 2.33 bits per heavy atom. The van der Waals surface area contributed by atoms with E-state index in [1.54, 1.807) is 19.1 Å². The zero-order valence-corrected chi connectivity index (χ0v) is 19.4. The standard InChI is InChI=1S/C19H15ClN2O6S.Ca/c1-2-10-7-15(17(9-14(10)20)29(26,27)28)21-22-18-12-6-4-3-5-11(12)13(19(24)25)8-16(18)23;/h3-9,23H,2H2,1H3,(H,24,25)(H,26,27,28);/q;+2/p-2. The molecule has 150 valence electrons. The molecule has 0 saturated heterocycles. The number of carbonyl (C=O) groups excluding carboxylic acids is 1. The Kier molecular flexibility index (Phi) is 7.84. The fourth-order valence-electron chi connectivity index (χ4n) is 2.85. The first-order chi connectivity index (χ1) is 13.6. The average molecular weight is 473 g/mol. The molecule has 0 fully saturated rings. The zero-order chi connectivity index (χ0) is 21.3. The van der Waals surface area contributed by atoms with E-state index in [2.05, 4.69) is 10.2 Å². The third-order valence-corrected chi connectivity index (χ3v) is 5.48. The molecule has 8 nitrogen and oxygen atoms in total. The van der Waals surface area contributed by atoms with Crippen molar-refractivity contribution in [3.05, 3.63) is 58.6 Å². The van der Waals surface area contributed by atoms with Crippen LogP contribution in [0.2, 0.25) is 5.02 Å². The minimum absolute atomic E-state index is 0. The molecule has 0 aliphatic heterocycles. The van der Waals surface area contributed by atoms with Crippen molar-refractivity contribution in [2.45, 2.75) is 18.2 Å². The van der Waals surface area contributed by atoms with Gasteiger partial charge in [0.05, 0.1) is 11.7 Å². The molecule has 0 saturated carbocycles. The second kappa shape index (κ2) is 9.59. The predicted molar refractivity (Wildman–Crippen MR) is 108 cm³/mol. The van der Waals surface area contributed by atoms with Crippen LogP contribution in [0.25, 0.3) is 10.8 Å². The van der Waals surface area contributed by atoms with E-state index in [1.165, 1.54) is 18.2 Å². The second-order valence-corrected chi connectivity index (χ2v) is 7.84. The van der Waals surface area contributed by atoms with Crippen LogP contribution < -0.4 is 10.2 Å². The molecule has 0 aliphatic rings. The van der Waals surface area contributed by atoms with Crippen molar-refractivity contribution in [3.8, 4) is 5.75 Å². The Balaban J connectivity index is 0.00000320. The van der Waals surface area contributed by atoms with Crippen LogP contribution in [0.3, 0.4) is 0 Å². The average Bonchev–Trinajstić information content (AvgIpc) is 2.66. The summed E-state index contributed by atoms with van der Waals surface area (Å²) in [5.41, 5.74) is -0.114. The van der Waals surface area contributed by atoms with Crippen LogP contribution in [-0.2, 0) is 16.5 Å². The summed E-state index contributed by atoms with van der Waals surface area (Å²) in [6.45, 7) is 1.79. The first-order valence-corrected chi connectivity index (χ1v) is 10.1. The molecule has 0 spiro atoms. The van der Waals surface area contributed by atoms with Gasteiger partial charge in [0.2, 0.25) is 0 Å². The Bertz CT molecular complexity index is 1280. The number of nitrogens with zero attached hydrogens (tertiary/aromatic N) is 2. The van der Waals surface area contributed by atoms with Gasteiger partial charge in [-0.05, 0) is 29.5 Å². The van der Waals surface area contributed by atoms with Gasteiger partial charge in [0, 0.05) is 16.0 Å². The maximum absolute atomic E-state index is 12.4. The number of carboxylic acids is 1. The number of aromatic carboxylic acids is 1. The third-order valence-electron chi connectivity index (χ3n) is 4.25. The molecule has 0 amide bonds. The van der Waals surface area contributed by atoms with Gasteiger partial charge < -0.3 is 15.0 Å². The minimum Gasteiger partial charge on any atom is -0.871 e. The van der Waals surface area contributed by atoms with E-state index in [9.17, 15) is 28.0 Å². The number of hydrogen-bond donors (Lipinski definition) is 1. The molecule has 0 atom stereocenters. The summed E-state index contributed by atoms with van der Waals surface area (Å²) in [5, 5.41) is 32.0. The van der Waals surface area contributed by atoms with Crippen molar-refractivity contribution in [1.82, 2.24) is 0 Å². The number of halogens is 1. The van der Waals surface area contributed by atoms with E-state index in [-0.39, 0.29) is 70.5 Å². The van der Waals surface area contributed by atoms with E-state index < -0.39 is 26.7 Å². The van der Waals surface area contributed by atoms with Gasteiger partial charge in [-0.25, -0.2) is 0 Å². The number of carboxylic acid groups (broad SMARTS) is 1. The molecule has 11 heteroatoms. The maximum Gasteiger partial charge on any atom is 2.00 e. The monoisotopic (exact) mass is 472 g/mol. The topological polar surface area (TPSA) is 142 Å². The van der Waals surface area contributed by atoms with Crippen molar-refractivity contribution < 1.29 is 28.0 Å². The number of benzene rings is 3. The first-order valence-electron chi connectivity index (χ1n) is 8.29. The van der Waals surface area contributed by atoms with Crippen molar-refractivity contribution in [2.24, 2.45) is 10.2 Å². The van der Waals surface area contributed by atoms with Gasteiger partial charge in [-0.15, -0.1) is 5.11 Å². The number of rotatable bonds is 5. The summed E-state index contributed by atoms with van der Waals surface area (Å²) in [7, 11) is -4.66. The van der Waals surface area contributed by atoms with E-state index in [1.807, 2.05) is 0 Å². The van der Waals surface area contributed by atoms with Crippen LogP contribution in [0.1, 0.15) is 22.8 Å². The molecular formula is C19H13CaClN2O6S. The molecule has 0 aromatic heterocycles. The predicted octanol–water partition coefficient (Wildman–Crippen LogP) is 2.77. The van der Waals surface area contributed by atoms with E-state index >= 15 is 0 Å². The van der Waals surface area contributed by atoms with Gasteiger partial charge in [-0.3, -0.25) is 4.55 Å². The summed E-state index contributed by atoms with van der Waals surface area (Å²) in [5.74, 6) is -2.24. The molecule has 1 N–H and O–H groups in total. The summed E-state index contributed by atoms with van der Waals surface area (Å²) in [4.78, 5) is 10.7. The maximum atomic E-state index is 12.4. The largest absolute Gasteiger partial charge is 2.00 e. The van der Waals surface area contributed by atoms with Crippen molar-refractivity contribution in [2.75, 3.05) is 0 Å². The summed E-state index contributed by atoms with van der Waals surface area (Å²) in [6.07, 6.45) is 0.461. The van der Waals surface area contributed by atoms with Gasteiger partial charge in [0.15, 0.2) is 0 Å². The van der Waals surface area contributed by atoms with Crippen LogP contribution in [0, 0.1) is 0 Å². The number of hydrogen-bond acceptors (Lipinski definition) is 7. The SMILES string of the molecule is CCc1cc(N=Nc2c([O-])cc(C(=O)[O-])c3ccccc23)c(S(=O)(=O)O)cc1Cl.[Ca+2]. The van der Waals surface area contributed by atoms with Gasteiger partial charge in [-0.2, -0.15) is 13.5 Å². The Hall–Kier alpha value is -1.75. The molecule has 0 heterocycles. The molecule has 3 aromatic rings. The first kappa shape index (κ1) is 24.5. The molecule has 0 radical (unpaired) electrons. The molecule has 3 aromatic carbocycles. The summed E-state index contributed by atoms with van der Waals surface area (Å²) in [6, 6.07) is 9.41. The summed E-state index contributed by atoms with van der Waals surface area (Å²) < 4.78 is 32.8. The van der Waals surface area contributed by atoms with E-state index in [0.717, 1.165) is 12.1 Å². The van der Waals surface area contributed by atoms with Crippen molar-refractivity contribution >= 4 is 87.6 Å². The number of carbonyl (C=O) groups is 1. The van der Waals surface area contributed by atoms with Crippen LogP contribution in [0.15, 0.2) is 57.6 Å². The quantitative estimate of drug-likeness (QED) is 0.343. The second-order valence-electron chi connectivity index (χ2n) is 6.04. The fraction of sp³-hybridized carbons (Fsp3) is 0.105. The van der Waals surface area contributed by atoms with Crippen LogP contribution in [0.4, 0.5) is 11.4 Å². The Morgan fingerprint density at radius 1 is 1.13 bits per heavy atom. The van der Waals surface area contributed by atoms with Gasteiger partial charge >= 0.3 is 37.7 Å². The number of fused-ring (bicyclic) bond motifs is 1. The molecular weight excluding hydrogens is 460 g/mol. The van der Waals surface area contributed by atoms with E-state index in [0.29, 0.717) is 12.0 Å². The molecule has 30 heavy (non-hydrogen) atoms. The van der Waals surface area contributed by atoms with Crippen LogP contribution >= 0.6 is 11.6 Å². The molecule has 0 unspecified atom stereocenters. The minimum atomic E-state index is -4.66. The normalized spacial score (nSPS) is 11.6. The fourth-order valence-corrected chi connectivity index (χ4v) is 3.85.